The molecule has 25 heavy (non-hydrogen) atoms. The van der Waals surface area contributed by atoms with Gasteiger partial charge in [0.15, 0.2) is 5.78 Å². The zero-order valence-corrected chi connectivity index (χ0v) is 15.3. The van der Waals surface area contributed by atoms with Gasteiger partial charge in [-0.25, -0.2) is 4.98 Å². The van der Waals surface area contributed by atoms with Gasteiger partial charge in [0.05, 0.1) is 11.3 Å². The average molecular weight is 353 g/mol. The fourth-order valence-corrected chi connectivity index (χ4v) is 3.26. The second-order valence-corrected chi connectivity index (χ2v) is 6.63. The van der Waals surface area contributed by atoms with E-state index in [1.165, 1.54) is 18.7 Å². The molecule has 0 atom stereocenters. The molecule has 0 radical (unpaired) electrons. The minimum absolute atomic E-state index is 0.0483. The van der Waals surface area contributed by atoms with Crippen LogP contribution >= 0.6 is 11.8 Å². The van der Waals surface area contributed by atoms with E-state index in [1.807, 2.05) is 30.3 Å². The molecule has 0 saturated heterocycles. The summed E-state index contributed by atoms with van der Waals surface area (Å²) in [6.45, 7) is 3.70. The van der Waals surface area contributed by atoms with Crippen molar-refractivity contribution in [1.82, 2.24) is 9.88 Å². The van der Waals surface area contributed by atoms with Crippen molar-refractivity contribution in [3.05, 3.63) is 58.8 Å². The minimum atomic E-state index is -0.128. The first-order valence-corrected chi connectivity index (χ1v) is 8.74. The minimum Gasteiger partial charge on any atom is -0.341 e. The van der Waals surface area contributed by atoms with Gasteiger partial charge in [-0.3, -0.25) is 9.59 Å². The normalized spacial score (nSPS) is 10.2. The summed E-state index contributed by atoms with van der Waals surface area (Å²) in [7, 11) is 1.75. The van der Waals surface area contributed by atoms with Gasteiger partial charge in [-0.1, -0.05) is 42.1 Å². The van der Waals surface area contributed by atoms with Crippen molar-refractivity contribution in [2.45, 2.75) is 25.4 Å². The number of pyridine rings is 1. The quantitative estimate of drug-likeness (QED) is 0.589. The van der Waals surface area contributed by atoms with Crippen LogP contribution in [0.4, 0.5) is 0 Å². The van der Waals surface area contributed by atoms with Crippen molar-refractivity contribution in [2.75, 3.05) is 12.8 Å². The van der Waals surface area contributed by atoms with E-state index in [0.717, 1.165) is 5.56 Å². The predicted molar refractivity (Wildman–Crippen MR) is 97.3 cm³/mol. The standard InChI is InChI=1S/C19H19N3O2S/c1-13-17(14(2)23)9-16(10-20)19(21-13)25-12-18(24)22(3)11-15-7-5-4-6-8-15/h4-9H,11-12H2,1-3H3. The van der Waals surface area contributed by atoms with Crippen molar-refractivity contribution in [3.63, 3.8) is 0 Å². The molecule has 0 fully saturated rings. The molecule has 0 unspecified atom stereocenters. The van der Waals surface area contributed by atoms with Gasteiger partial charge in [0.25, 0.3) is 0 Å². The van der Waals surface area contributed by atoms with E-state index < -0.39 is 0 Å². The third kappa shape index (κ3) is 4.91. The van der Waals surface area contributed by atoms with Gasteiger partial charge in [0.1, 0.15) is 11.1 Å². The molecule has 1 heterocycles. The van der Waals surface area contributed by atoms with E-state index in [1.54, 1.807) is 24.9 Å². The van der Waals surface area contributed by atoms with Gasteiger partial charge >= 0.3 is 0 Å². The molecule has 0 bridgehead atoms. The van der Waals surface area contributed by atoms with Crippen LogP contribution in [0.15, 0.2) is 41.4 Å². The Hall–Kier alpha value is -2.65. The number of carbonyl (C=O) groups excluding carboxylic acids is 2. The molecule has 0 aliphatic carbocycles. The maximum atomic E-state index is 12.3. The van der Waals surface area contributed by atoms with E-state index >= 15 is 0 Å². The summed E-state index contributed by atoms with van der Waals surface area (Å²) >= 11 is 1.22. The number of nitrogens with zero attached hydrogens (tertiary/aromatic N) is 3. The number of rotatable bonds is 6. The molecule has 5 nitrogen and oxygen atoms in total. The molecule has 6 heteroatoms. The lowest BCUT2D eigenvalue weighted by molar-refractivity contribution is -0.127. The molecule has 1 aromatic heterocycles. The summed E-state index contributed by atoms with van der Waals surface area (Å²) in [6.07, 6.45) is 0. The number of Topliss-reactive ketones (excluding diaryl/α,β-unsaturated/α-hetero) is 1. The third-order valence-electron chi connectivity index (χ3n) is 3.70. The maximum Gasteiger partial charge on any atom is 0.233 e. The Labute approximate surface area is 151 Å². The van der Waals surface area contributed by atoms with Crippen molar-refractivity contribution in [1.29, 1.82) is 5.26 Å². The lowest BCUT2D eigenvalue weighted by Gasteiger charge is -2.17. The van der Waals surface area contributed by atoms with Crippen LogP contribution in [0.25, 0.3) is 0 Å². The SMILES string of the molecule is CC(=O)c1cc(C#N)c(SCC(=O)N(C)Cc2ccccc2)nc1C. The van der Waals surface area contributed by atoms with Gasteiger partial charge in [0, 0.05) is 24.8 Å². The molecule has 2 aromatic rings. The van der Waals surface area contributed by atoms with Gasteiger partial charge in [-0.15, -0.1) is 0 Å². The molecule has 0 aliphatic heterocycles. The van der Waals surface area contributed by atoms with Crippen molar-refractivity contribution >= 4 is 23.5 Å². The second kappa shape index (κ2) is 8.45. The second-order valence-electron chi connectivity index (χ2n) is 5.67. The van der Waals surface area contributed by atoms with Gasteiger partial charge in [-0.2, -0.15) is 5.26 Å². The fraction of sp³-hybridized carbons (Fsp3) is 0.263. The van der Waals surface area contributed by atoms with E-state index in [-0.39, 0.29) is 17.4 Å². The zero-order valence-electron chi connectivity index (χ0n) is 14.4. The number of hydrogen-bond acceptors (Lipinski definition) is 5. The smallest absolute Gasteiger partial charge is 0.233 e. The first kappa shape index (κ1) is 18.7. The number of thioether (sulfide) groups is 1. The largest absolute Gasteiger partial charge is 0.341 e. The number of benzene rings is 1. The highest BCUT2D eigenvalue weighted by atomic mass is 32.2. The summed E-state index contributed by atoms with van der Waals surface area (Å²) < 4.78 is 0. The van der Waals surface area contributed by atoms with E-state index in [4.69, 9.17) is 0 Å². The van der Waals surface area contributed by atoms with Crippen LogP contribution in [0.2, 0.25) is 0 Å². The molecule has 2 rings (SSSR count). The fourth-order valence-electron chi connectivity index (χ4n) is 2.32. The van der Waals surface area contributed by atoms with Crippen LogP contribution < -0.4 is 0 Å². The van der Waals surface area contributed by atoms with Gasteiger partial charge in [0.2, 0.25) is 5.91 Å². The van der Waals surface area contributed by atoms with Crippen LogP contribution in [0, 0.1) is 18.3 Å². The summed E-state index contributed by atoms with van der Waals surface area (Å²) in [5.74, 6) is 0.00806. The third-order valence-corrected chi connectivity index (χ3v) is 4.67. The zero-order chi connectivity index (χ0) is 18.4. The van der Waals surface area contributed by atoms with Gasteiger partial charge < -0.3 is 4.90 Å². The van der Waals surface area contributed by atoms with Crippen LogP contribution in [-0.2, 0) is 11.3 Å². The molecule has 128 valence electrons. The molecule has 1 amide bonds. The number of nitriles is 1. The number of carbonyl (C=O) groups is 2. The Kier molecular flexibility index (Phi) is 6.31. The number of aromatic nitrogens is 1. The van der Waals surface area contributed by atoms with Crippen LogP contribution in [0.3, 0.4) is 0 Å². The Morgan fingerprint density at radius 1 is 1.28 bits per heavy atom. The lowest BCUT2D eigenvalue weighted by atomic mass is 10.1. The summed E-state index contributed by atoms with van der Waals surface area (Å²) in [4.78, 5) is 29.9. The highest BCUT2D eigenvalue weighted by molar-refractivity contribution is 7.99. The topological polar surface area (TPSA) is 74.1 Å². The first-order chi connectivity index (χ1) is 11.9. The van der Waals surface area contributed by atoms with Crippen LogP contribution in [-0.4, -0.2) is 34.4 Å². The van der Waals surface area contributed by atoms with E-state index in [9.17, 15) is 14.9 Å². The monoisotopic (exact) mass is 353 g/mol. The molecule has 0 spiro atoms. The highest BCUT2D eigenvalue weighted by Gasteiger charge is 2.15. The molecular formula is C19H19N3O2S. The first-order valence-electron chi connectivity index (χ1n) is 7.75. The van der Waals surface area contributed by atoms with E-state index in [2.05, 4.69) is 11.1 Å². The van der Waals surface area contributed by atoms with Crippen molar-refractivity contribution < 1.29 is 9.59 Å². The van der Waals surface area contributed by atoms with Crippen LogP contribution in [0.1, 0.15) is 34.1 Å². The summed E-state index contributed by atoms with van der Waals surface area (Å²) in [6, 6.07) is 13.3. The molecule has 0 saturated carbocycles. The Bertz CT molecular complexity index is 829. The number of hydrogen-bond donors (Lipinski definition) is 0. The van der Waals surface area contributed by atoms with Crippen LogP contribution in [0.5, 0.6) is 0 Å². The Morgan fingerprint density at radius 2 is 1.96 bits per heavy atom. The van der Waals surface area contributed by atoms with Crippen molar-refractivity contribution in [3.8, 4) is 6.07 Å². The number of ketones is 1. The highest BCUT2D eigenvalue weighted by Crippen LogP contribution is 2.23. The predicted octanol–water partition coefficient (Wildman–Crippen LogP) is 3.22. The molecule has 0 aliphatic rings. The molecular weight excluding hydrogens is 334 g/mol. The summed E-state index contributed by atoms with van der Waals surface area (Å²) in [5.41, 5.74) is 2.38. The summed E-state index contributed by atoms with van der Waals surface area (Å²) in [5, 5.41) is 9.75. The molecule has 1 aromatic carbocycles. The Balaban J connectivity index is 2.05. The lowest BCUT2D eigenvalue weighted by Crippen LogP contribution is -2.27. The Morgan fingerprint density at radius 3 is 2.56 bits per heavy atom. The van der Waals surface area contributed by atoms with Crippen molar-refractivity contribution in [2.24, 2.45) is 0 Å². The maximum absolute atomic E-state index is 12.3. The number of aryl methyl sites for hydroxylation is 1. The number of amides is 1. The average Bonchev–Trinajstić information content (AvgIpc) is 2.60. The van der Waals surface area contributed by atoms with E-state index in [0.29, 0.717) is 28.4 Å². The van der Waals surface area contributed by atoms with Gasteiger partial charge in [-0.05, 0) is 25.5 Å². The molecule has 0 N–H and O–H groups in total.